The van der Waals surface area contributed by atoms with Gasteiger partial charge in [-0.25, -0.2) is 19.3 Å². The Labute approximate surface area is 139 Å². The molecule has 10 nitrogen and oxygen atoms in total. The molecule has 0 radical (unpaired) electrons. The molecule has 0 aromatic carbocycles. The maximum absolute atomic E-state index is 12.1. The summed E-state index contributed by atoms with van der Waals surface area (Å²) in [4.78, 5) is 27.0. The summed E-state index contributed by atoms with van der Waals surface area (Å²) < 4.78 is 36.6. The van der Waals surface area contributed by atoms with Gasteiger partial charge in [0, 0.05) is 0 Å². The minimum absolute atomic E-state index is 0.00654. The summed E-state index contributed by atoms with van der Waals surface area (Å²) in [6.45, 7) is 5.04. The number of cyclic esters (lactones) is 1. The lowest BCUT2D eigenvalue weighted by atomic mass is 10.2. The van der Waals surface area contributed by atoms with Gasteiger partial charge in [-0.15, -0.1) is 0 Å². The van der Waals surface area contributed by atoms with E-state index in [9.17, 15) is 18.0 Å². The Morgan fingerprint density at radius 2 is 2.00 bits per heavy atom. The standard InChI is InChI=1S/C13H18N4O6S/c1-13(2,3)23-11(18)15-9-5-4-6-10(14-9)16-24(20,21)17-7-8-22-12(17)19/h4-6H,7-8H2,1-3H3,(H2,14,15,16,18). The molecular weight excluding hydrogens is 340 g/mol. The van der Waals surface area contributed by atoms with Crippen LogP contribution >= 0.6 is 0 Å². The molecule has 0 saturated carbocycles. The highest BCUT2D eigenvalue weighted by molar-refractivity contribution is 7.90. The van der Waals surface area contributed by atoms with Crippen molar-refractivity contribution >= 4 is 34.0 Å². The molecule has 0 unspecified atom stereocenters. The third-order valence-electron chi connectivity index (χ3n) is 2.63. The largest absolute Gasteiger partial charge is 0.447 e. The minimum Gasteiger partial charge on any atom is -0.447 e. The van der Waals surface area contributed by atoms with Crippen LogP contribution < -0.4 is 10.0 Å². The zero-order valence-corrected chi connectivity index (χ0v) is 14.2. The Kier molecular flexibility index (Phi) is 4.83. The van der Waals surface area contributed by atoms with Crippen molar-refractivity contribution in [1.29, 1.82) is 0 Å². The molecule has 2 amide bonds. The molecular formula is C13H18N4O6S. The molecule has 1 aromatic rings. The van der Waals surface area contributed by atoms with Crippen LogP contribution in [-0.2, 0) is 19.7 Å². The van der Waals surface area contributed by atoms with Crippen LogP contribution in [0.3, 0.4) is 0 Å². The Balaban J connectivity index is 2.07. The van der Waals surface area contributed by atoms with Crippen molar-refractivity contribution in [3.8, 4) is 0 Å². The van der Waals surface area contributed by atoms with E-state index in [1.165, 1.54) is 18.2 Å². The summed E-state index contributed by atoms with van der Waals surface area (Å²) in [5.74, 6) is 0.0247. The maximum atomic E-state index is 12.1. The molecule has 132 valence electrons. The van der Waals surface area contributed by atoms with Gasteiger partial charge in [-0.3, -0.25) is 5.32 Å². The molecule has 2 heterocycles. The number of carbonyl (C=O) groups is 2. The van der Waals surface area contributed by atoms with E-state index in [2.05, 4.69) is 19.8 Å². The van der Waals surface area contributed by atoms with E-state index in [-0.39, 0.29) is 24.8 Å². The van der Waals surface area contributed by atoms with Gasteiger partial charge in [-0.05, 0) is 32.9 Å². The fourth-order valence-corrected chi connectivity index (χ4v) is 2.81. The fraction of sp³-hybridized carbons (Fsp3) is 0.462. The maximum Gasteiger partial charge on any atom is 0.425 e. The van der Waals surface area contributed by atoms with Crippen LogP contribution in [-0.4, -0.2) is 48.6 Å². The molecule has 0 aliphatic carbocycles. The summed E-state index contributed by atoms with van der Waals surface area (Å²) in [6, 6.07) is 4.32. The number of nitrogens with zero attached hydrogens (tertiary/aromatic N) is 2. The van der Waals surface area contributed by atoms with Crippen LogP contribution in [0.25, 0.3) is 0 Å². The summed E-state index contributed by atoms with van der Waals surface area (Å²) in [7, 11) is -4.13. The van der Waals surface area contributed by atoms with Crippen LogP contribution in [0.2, 0.25) is 0 Å². The second-order valence-electron chi connectivity index (χ2n) is 5.83. The summed E-state index contributed by atoms with van der Waals surface area (Å²) in [5, 5.41) is 2.39. The van der Waals surface area contributed by atoms with Crippen molar-refractivity contribution in [3.05, 3.63) is 18.2 Å². The van der Waals surface area contributed by atoms with Gasteiger partial charge in [0.1, 0.15) is 23.8 Å². The predicted molar refractivity (Wildman–Crippen MR) is 84.7 cm³/mol. The molecule has 1 saturated heterocycles. The average molecular weight is 358 g/mol. The van der Waals surface area contributed by atoms with E-state index in [4.69, 9.17) is 4.74 Å². The van der Waals surface area contributed by atoms with Crippen molar-refractivity contribution in [1.82, 2.24) is 9.29 Å². The normalized spacial score (nSPS) is 15.0. The number of anilines is 2. The lowest BCUT2D eigenvalue weighted by Crippen LogP contribution is -2.36. The van der Waals surface area contributed by atoms with Crippen molar-refractivity contribution in [3.63, 3.8) is 0 Å². The monoisotopic (exact) mass is 358 g/mol. The van der Waals surface area contributed by atoms with Gasteiger partial charge in [0.15, 0.2) is 0 Å². The molecule has 0 bridgehead atoms. The van der Waals surface area contributed by atoms with Gasteiger partial charge in [0.05, 0.1) is 6.54 Å². The van der Waals surface area contributed by atoms with Gasteiger partial charge in [-0.1, -0.05) is 6.07 Å². The number of pyridine rings is 1. The number of rotatable bonds is 4. The first-order valence-corrected chi connectivity index (χ1v) is 8.45. The zero-order chi connectivity index (χ0) is 18.0. The van der Waals surface area contributed by atoms with E-state index in [0.29, 0.717) is 4.31 Å². The van der Waals surface area contributed by atoms with Gasteiger partial charge in [0.2, 0.25) is 0 Å². The summed E-state index contributed by atoms with van der Waals surface area (Å²) >= 11 is 0. The quantitative estimate of drug-likeness (QED) is 0.835. The first-order valence-electron chi connectivity index (χ1n) is 7.01. The minimum atomic E-state index is -4.13. The molecule has 1 aliphatic heterocycles. The van der Waals surface area contributed by atoms with Gasteiger partial charge in [-0.2, -0.15) is 12.7 Å². The van der Waals surface area contributed by atoms with Crippen molar-refractivity contribution in [2.45, 2.75) is 26.4 Å². The van der Waals surface area contributed by atoms with Gasteiger partial charge >= 0.3 is 22.4 Å². The number of ether oxygens (including phenoxy) is 2. The molecule has 0 spiro atoms. The first kappa shape index (κ1) is 17.8. The molecule has 24 heavy (non-hydrogen) atoms. The summed E-state index contributed by atoms with van der Waals surface area (Å²) in [5.41, 5.74) is -0.681. The number of hydrogen-bond acceptors (Lipinski definition) is 7. The molecule has 1 fully saturated rings. The van der Waals surface area contributed by atoms with Crippen molar-refractivity contribution in [2.75, 3.05) is 23.2 Å². The first-order chi connectivity index (χ1) is 11.1. The Morgan fingerprint density at radius 1 is 1.33 bits per heavy atom. The second kappa shape index (κ2) is 6.51. The molecule has 2 N–H and O–H groups in total. The van der Waals surface area contributed by atoms with Crippen LogP contribution in [0.1, 0.15) is 20.8 Å². The van der Waals surface area contributed by atoms with Crippen molar-refractivity contribution in [2.24, 2.45) is 0 Å². The number of hydrogen-bond donors (Lipinski definition) is 2. The van der Waals surface area contributed by atoms with Crippen LogP contribution in [0.15, 0.2) is 18.2 Å². The number of carbonyl (C=O) groups excluding carboxylic acids is 2. The predicted octanol–water partition coefficient (Wildman–Crippen LogP) is 1.54. The summed E-state index contributed by atoms with van der Waals surface area (Å²) in [6.07, 6.45) is -1.68. The molecule has 1 aromatic heterocycles. The fourth-order valence-electron chi connectivity index (χ4n) is 1.75. The van der Waals surface area contributed by atoms with E-state index in [0.717, 1.165) is 0 Å². The lowest BCUT2D eigenvalue weighted by Gasteiger charge is -2.19. The Morgan fingerprint density at radius 3 is 2.58 bits per heavy atom. The lowest BCUT2D eigenvalue weighted by molar-refractivity contribution is 0.0635. The van der Waals surface area contributed by atoms with Gasteiger partial charge < -0.3 is 9.47 Å². The van der Waals surface area contributed by atoms with E-state index < -0.39 is 28.0 Å². The topological polar surface area (TPSA) is 127 Å². The third kappa shape index (κ3) is 4.72. The molecule has 11 heteroatoms. The van der Waals surface area contributed by atoms with Gasteiger partial charge in [0.25, 0.3) is 0 Å². The average Bonchev–Trinajstić information content (AvgIpc) is 2.83. The second-order valence-corrected chi connectivity index (χ2v) is 7.42. The SMILES string of the molecule is CC(C)(C)OC(=O)Nc1cccc(NS(=O)(=O)N2CCOC2=O)n1. The highest BCUT2D eigenvalue weighted by Gasteiger charge is 2.33. The van der Waals surface area contributed by atoms with E-state index in [1.807, 2.05) is 0 Å². The molecule has 2 rings (SSSR count). The highest BCUT2D eigenvalue weighted by atomic mass is 32.2. The molecule has 1 aliphatic rings. The van der Waals surface area contributed by atoms with E-state index >= 15 is 0 Å². The van der Waals surface area contributed by atoms with Crippen molar-refractivity contribution < 1.29 is 27.5 Å². The molecule has 0 atom stereocenters. The van der Waals surface area contributed by atoms with E-state index in [1.54, 1.807) is 20.8 Å². The van der Waals surface area contributed by atoms with Crippen LogP contribution in [0.4, 0.5) is 21.2 Å². The number of aromatic nitrogens is 1. The van der Waals surface area contributed by atoms with Crippen LogP contribution in [0, 0.1) is 0 Å². The zero-order valence-electron chi connectivity index (χ0n) is 13.4. The number of nitrogens with one attached hydrogen (secondary N) is 2. The number of amides is 2. The third-order valence-corrected chi connectivity index (χ3v) is 4.00. The Hall–Kier alpha value is -2.56. The smallest absolute Gasteiger partial charge is 0.425 e. The Bertz CT molecular complexity index is 743. The van der Waals surface area contributed by atoms with Crippen LogP contribution in [0.5, 0.6) is 0 Å². The highest BCUT2D eigenvalue weighted by Crippen LogP contribution is 2.16.